The molecule has 1 aromatic rings. The number of nitrogens with one attached hydrogen (secondary N) is 2. The number of rotatable bonds is 3. The Morgan fingerprint density at radius 2 is 2.57 bits per heavy atom. The van der Waals surface area contributed by atoms with Gasteiger partial charge in [0.25, 0.3) is 0 Å². The van der Waals surface area contributed by atoms with E-state index in [9.17, 15) is 0 Å². The molecular formula is C11H18N2O. The van der Waals surface area contributed by atoms with Crippen LogP contribution in [0.3, 0.4) is 0 Å². The largest absolute Gasteiger partial charge is 0.472 e. The van der Waals surface area contributed by atoms with Crippen molar-refractivity contribution in [3.8, 4) is 0 Å². The lowest BCUT2D eigenvalue weighted by Crippen LogP contribution is -2.45. The molecule has 0 bridgehead atoms. The first-order chi connectivity index (χ1) is 6.86. The monoisotopic (exact) mass is 194 g/mol. The van der Waals surface area contributed by atoms with Crippen LogP contribution in [0.15, 0.2) is 23.0 Å². The van der Waals surface area contributed by atoms with Crippen molar-refractivity contribution in [1.82, 2.24) is 10.6 Å². The van der Waals surface area contributed by atoms with Crippen molar-refractivity contribution in [2.24, 2.45) is 5.92 Å². The summed E-state index contributed by atoms with van der Waals surface area (Å²) in [5, 5.41) is 6.97. The molecule has 0 spiro atoms. The second-order valence-corrected chi connectivity index (χ2v) is 4.09. The first kappa shape index (κ1) is 9.74. The molecule has 0 radical (unpaired) electrons. The van der Waals surface area contributed by atoms with Gasteiger partial charge in [0.2, 0.25) is 0 Å². The summed E-state index contributed by atoms with van der Waals surface area (Å²) in [5.74, 6) is 0.718. The summed E-state index contributed by atoms with van der Waals surface area (Å²) in [6, 6.07) is 2.66. The number of hydrogen-bond acceptors (Lipinski definition) is 3. The predicted molar refractivity (Wildman–Crippen MR) is 56.0 cm³/mol. The topological polar surface area (TPSA) is 37.2 Å². The van der Waals surface area contributed by atoms with Crippen molar-refractivity contribution >= 4 is 0 Å². The molecule has 3 heteroatoms. The molecule has 1 aliphatic rings. The van der Waals surface area contributed by atoms with E-state index in [4.69, 9.17) is 4.42 Å². The summed E-state index contributed by atoms with van der Waals surface area (Å²) in [5.41, 5.74) is 1.23. The van der Waals surface area contributed by atoms with Gasteiger partial charge < -0.3 is 15.1 Å². The molecule has 2 rings (SSSR count). The average Bonchev–Trinajstić information content (AvgIpc) is 2.69. The van der Waals surface area contributed by atoms with Gasteiger partial charge in [-0.1, -0.05) is 6.92 Å². The Morgan fingerprint density at radius 1 is 1.64 bits per heavy atom. The van der Waals surface area contributed by atoms with E-state index in [0.29, 0.717) is 6.04 Å². The van der Waals surface area contributed by atoms with Crippen molar-refractivity contribution < 1.29 is 4.42 Å². The molecule has 14 heavy (non-hydrogen) atoms. The number of hydrogen-bond donors (Lipinski definition) is 2. The van der Waals surface area contributed by atoms with Crippen molar-refractivity contribution in [3.63, 3.8) is 0 Å². The minimum atomic E-state index is 0.645. The van der Waals surface area contributed by atoms with Gasteiger partial charge in [0.05, 0.1) is 12.5 Å². The maximum absolute atomic E-state index is 5.03. The molecule has 78 valence electrons. The Hall–Kier alpha value is -0.800. The van der Waals surface area contributed by atoms with Gasteiger partial charge in [0.1, 0.15) is 0 Å². The fraction of sp³-hybridized carbons (Fsp3) is 0.636. The Balaban J connectivity index is 1.79. The zero-order chi connectivity index (χ0) is 9.80. The second kappa shape index (κ2) is 4.62. The van der Waals surface area contributed by atoms with E-state index in [2.05, 4.69) is 17.6 Å². The molecule has 3 nitrogen and oxygen atoms in total. The van der Waals surface area contributed by atoms with E-state index in [0.717, 1.165) is 25.6 Å². The molecule has 1 aliphatic heterocycles. The third-order valence-corrected chi connectivity index (χ3v) is 2.93. The highest BCUT2D eigenvalue weighted by Crippen LogP contribution is 2.11. The van der Waals surface area contributed by atoms with Crippen LogP contribution < -0.4 is 10.6 Å². The van der Waals surface area contributed by atoms with Gasteiger partial charge in [-0.3, -0.25) is 0 Å². The zero-order valence-corrected chi connectivity index (χ0v) is 8.62. The highest BCUT2D eigenvalue weighted by Gasteiger charge is 2.19. The van der Waals surface area contributed by atoms with Gasteiger partial charge in [-0.25, -0.2) is 0 Å². The first-order valence-corrected chi connectivity index (χ1v) is 5.31. The van der Waals surface area contributed by atoms with Crippen LogP contribution in [-0.4, -0.2) is 19.1 Å². The van der Waals surface area contributed by atoms with Gasteiger partial charge in [-0.05, 0) is 31.5 Å². The third kappa shape index (κ3) is 2.36. The highest BCUT2D eigenvalue weighted by molar-refractivity contribution is 5.05. The van der Waals surface area contributed by atoms with Crippen molar-refractivity contribution in [3.05, 3.63) is 24.2 Å². The van der Waals surface area contributed by atoms with Crippen LogP contribution in [0, 0.1) is 5.92 Å². The molecule has 2 unspecified atom stereocenters. The number of furan rings is 1. The summed E-state index contributed by atoms with van der Waals surface area (Å²) in [6.45, 7) is 5.47. The Kier molecular flexibility index (Phi) is 3.22. The fourth-order valence-corrected chi connectivity index (χ4v) is 1.96. The summed E-state index contributed by atoms with van der Waals surface area (Å²) < 4.78 is 5.03. The van der Waals surface area contributed by atoms with E-state index in [1.54, 1.807) is 12.5 Å². The molecule has 0 saturated carbocycles. The van der Waals surface area contributed by atoms with E-state index in [1.165, 1.54) is 12.0 Å². The normalized spacial score (nSPS) is 27.8. The summed E-state index contributed by atoms with van der Waals surface area (Å²) >= 11 is 0. The lowest BCUT2D eigenvalue weighted by molar-refractivity contribution is 0.295. The molecule has 0 aromatic carbocycles. The minimum absolute atomic E-state index is 0.645. The molecule has 0 amide bonds. The molecular weight excluding hydrogens is 176 g/mol. The van der Waals surface area contributed by atoms with Crippen LogP contribution in [0.2, 0.25) is 0 Å². The second-order valence-electron chi connectivity index (χ2n) is 4.09. The maximum Gasteiger partial charge on any atom is 0.0947 e. The summed E-state index contributed by atoms with van der Waals surface area (Å²) in [7, 11) is 0. The fourth-order valence-electron chi connectivity index (χ4n) is 1.96. The van der Waals surface area contributed by atoms with Crippen molar-refractivity contribution in [2.75, 3.05) is 13.1 Å². The van der Waals surface area contributed by atoms with Crippen LogP contribution in [0.5, 0.6) is 0 Å². The molecule has 1 fully saturated rings. The molecule has 0 aliphatic carbocycles. The van der Waals surface area contributed by atoms with Crippen molar-refractivity contribution in [2.45, 2.75) is 25.9 Å². The maximum atomic E-state index is 5.03. The van der Waals surface area contributed by atoms with E-state index in [1.807, 2.05) is 6.07 Å². The summed E-state index contributed by atoms with van der Waals surface area (Å²) in [6.07, 6.45) is 4.75. The quantitative estimate of drug-likeness (QED) is 0.763. The molecule has 2 atom stereocenters. The van der Waals surface area contributed by atoms with Gasteiger partial charge in [-0.2, -0.15) is 0 Å². The Morgan fingerprint density at radius 3 is 3.29 bits per heavy atom. The Labute approximate surface area is 84.9 Å². The Bertz CT molecular complexity index is 258. The van der Waals surface area contributed by atoms with Crippen LogP contribution in [0.4, 0.5) is 0 Å². The first-order valence-electron chi connectivity index (χ1n) is 5.31. The SMILES string of the molecule is CC1CNCCC1NCc1ccoc1. The van der Waals surface area contributed by atoms with Crippen molar-refractivity contribution in [1.29, 1.82) is 0 Å². The summed E-state index contributed by atoms with van der Waals surface area (Å²) in [4.78, 5) is 0. The van der Waals surface area contributed by atoms with Crippen LogP contribution in [0.25, 0.3) is 0 Å². The third-order valence-electron chi connectivity index (χ3n) is 2.93. The van der Waals surface area contributed by atoms with E-state index >= 15 is 0 Å². The standard InChI is InChI=1S/C11H18N2O/c1-9-6-12-4-2-11(9)13-7-10-3-5-14-8-10/h3,5,8-9,11-13H,2,4,6-7H2,1H3. The van der Waals surface area contributed by atoms with Gasteiger partial charge in [-0.15, -0.1) is 0 Å². The zero-order valence-electron chi connectivity index (χ0n) is 8.62. The lowest BCUT2D eigenvalue weighted by atomic mass is 9.95. The molecule has 1 aromatic heterocycles. The van der Waals surface area contributed by atoms with Gasteiger partial charge in [0.15, 0.2) is 0 Å². The van der Waals surface area contributed by atoms with Gasteiger partial charge in [0, 0.05) is 18.2 Å². The smallest absolute Gasteiger partial charge is 0.0947 e. The number of piperidine rings is 1. The van der Waals surface area contributed by atoms with E-state index < -0.39 is 0 Å². The minimum Gasteiger partial charge on any atom is -0.472 e. The average molecular weight is 194 g/mol. The highest BCUT2D eigenvalue weighted by atomic mass is 16.3. The van der Waals surface area contributed by atoms with Crippen LogP contribution in [0.1, 0.15) is 18.9 Å². The van der Waals surface area contributed by atoms with Gasteiger partial charge >= 0.3 is 0 Å². The van der Waals surface area contributed by atoms with Crippen LogP contribution >= 0.6 is 0 Å². The van der Waals surface area contributed by atoms with E-state index in [-0.39, 0.29) is 0 Å². The lowest BCUT2D eigenvalue weighted by Gasteiger charge is -2.30. The molecule has 1 saturated heterocycles. The molecule has 2 N–H and O–H groups in total. The van der Waals surface area contributed by atoms with Crippen LogP contribution in [-0.2, 0) is 6.54 Å². The molecule has 2 heterocycles. The predicted octanol–water partition coefficient (Wildman–Crippen LogP) is 1.37.